The largest absolute Gasteiger partial charge is 0.457 e. The summed E-state index contributed by atoms with van der Waals surface area (Å²) >= 11 is 44.4. The fourth-order valence-electron chi connectivity index (χ4n) is 15.0. The molecular formula is C76H108N4O8S8. The lowest BCUT2D eigenvalue weighted by molar-refractivity contribution is 0.0922. The Hall–Kier alpha value is -3.76. The summed E-state index contributed by atoms with van der Waals surface area (Å²) in [6.45, 7) is 22.1. The molecule has 8 bridgehead atoms. The van der Waals surface area contributed by atoms with Gasteiger partial charge in [0.05, 0.1) is 48.4 Å². The van der Waals surface area contributed by atoms with E-state index in [1.807, 2.05) is 0 Å². The maximum atomic E-state index is 7.38. The number of nitrogens with zero attached hydrogens (tertiary/aromatic N) is 4. The van der Waals surface area contributed by atoms with E-state index < -0.39 is 0 Å². The van der Waals surface area contributed by atoms with Crippen LogP contribution in [0.2, 0.25) is 0 Å². The van der Waals surface area contributed by atoms with Crippen LogP contribution in [0.1, 0.15) is 300 Å². The van der Waals surface area contributed by atoms with Gasteiger partial charge in [-0.1, -0.05) is 207 Å². The van der Waals surface area contributed by atoms with Gasteiger partial charge in [-0.05, 0) is 75.6 Å². The molecule has 0 atom stereocenters. The van der Waals surface area contributed by atoms with Gasteiger partial charge in [0, 0.05) is 94.4 Å². The van der Waals surface area contributed by atoms with Crippen molar-refractivity contribution in [1.82, 2.24) is 19.6 Å². The minimum atomic E-state index is -0.235. The quantitative estimate of drug-likeness (QED) is 0.0198. The topological polar surface area (TPSA) is 86.8 Å². The van der Waals surface area contributed by atoms with Crippen molar-refractivity contribution in [3.63, 3.8) is 0 Å². The molecule has 96 heavy (non-hydrogen) atoms. The summed E-state index contributed by atoms with van der Waals surface area (Å²) in [7, 11) is 0. The van der Waals surface area contributed by atoms with E-state index in [-0.39, 0.29) is 50.8 Å². The second kappa shape index (κ2) is 37.8. The van der Waals surface area contributed by atoms with Gasteiger partial charge >= 0.3 is 0 Å². The van der Waals surface area contributed by atoms with Crippen LogP contribution in [-0.4, -0.2) is 90.2 Å². The predicted octanol–water partition coefficient (Wildman–Crippen LogP) is 21.0. The Morgan fingerprint density at radius 2 is 0.458 bits per heavy atom. The van der Waals surface area contributed by atoms with E-state index in [0.29, 0.717) is 69.6 Å². The predicted molar refractivity (Wildman–Crippen MR) is 422 cm³/mol. The van der Waals surface area contributed by atoms with Crippen molar-refractivity contribution in [2.24, 2.45) is 0 Å². The van der Waals surface area contributed by atoms with Gasteiger partial charge in [-0.15, -0.1) is 50.5 Å². The van der Waals surface area contributed by atoms with Crippen LogP contribution in [0.25, 0.3) is 0 Å². The van der Waals surface area contributed by atoms with E-state index in [4.69, 9.17) is 137 Å². The summed E-state index contributed by atoms with van der Waals surface area (Å²) < 4.78 is 61.1. The van der Waals surface area contributed by atoms with Gasteiger partial charge in [0.2, 0.25) is 27.2 Å². The average molecular weight is 1460 g/mol. The second-order valence-corrected chi connectivity index (χ2v) is 31.3. The first-order chi connectivity index (χ1) is 46.7. The molecule has 4 aromatic rings. The van der Waals surface area contributed by atoms with Crippen molar-refractivity contribution >= 4 is 117 Å². The lowest BCUT2D eigenvalue weighted by Crippen LogP contribution is -2.31. The molecule has 5 aliphatic rings. The Balaban J connectivity index is 1.56. The summed E-state index contributed by atoms with van der Waals surface area (Å²) in [6, 6.07) is 9.94. The third kappa shape index (κ3) is 17.9. The molecule has 4 aromatic carbocycles. The van der Waals surface area contributed by atoms with Crippen molar-refractivity contribution in [3.05, 3.63) is 91.0 Å². The Labute approximate surface area is 619 Å². The molecule has 4 aliphatic heterocycles. The Morgan fingerprint density at radius 3 is 0.604 bits per heavy atom. The molecular weight excluding hydrogens is 1350 g/mol. The summed E-state index contributed by atoms with van der Waals surface area (Å²) in [4.78, 5) is 8.83. The summed E-state index contributed by atoms with van der Waals surface area (Å²) in [5, 5.41) is 0. The smallest absolute Gasteiger partial charge is 0.230 e. The first-order valence-electron chi connectivity index (χ1n) is 36.4. The number of rotatable bonds is 36. The first-order valence-corrected chi connectivity index (χ1v) is 39.8. The van der Waals surface area contributed by atoms with E-state index >= 15 is 0 Å². The maximum absolute atomic E-state index is 7.38. The normalized spacial score (nSPS) is 16.9. The zero-order valence-electron chi connectivity index (χ0n) is 58.6. The first kappa shape index (κ1) is 76.4. The number of thiocarbonyl (C=S) groups is 4. The Kier molecular flexibility index (Phi) is 30.1. The van der Waals surface area contributed by atoms with Crippen LogP contribution in [-0.2, 0) is 26.2 Å². The molecule has 4 heterocycles. The van der Waals surface area contributed by atoms with Gasteiger partial charge in [-0.3, -0.25) is 0 Å². The monoisotopic (exact) mass is 1460 g/mol. The number of hydrogen-bond acceptors (Lipinski definition) is 12. The van der Waals surface area contributed by atoms with E-state index in [9.17, 15) is 0 Å². The van der Waals surface area contributed by atoms with Gasteiger partial charge < -0.3 is 57.5 Å². The van der Waals surface area contributed by atoms with Crippen LogP contribution < -0.4 is 37.9 Å². The molecule has 0 saturated heterocycles. The molecule has 528 valence electrons. The third-order valence-electron chi connectivity index (χ3n) is 20.2. The highest BCUT2D eigenvalue weighted by Gasteiger charge is 2.43. The Bertz CT molecular complexity index is 2780. The van der Waals surface area contributed by atoms with Crippen molar-refractivity contribution in [3.8, 4) is 46.0 Å². The highest BCUT2D eigenvalue weighted by Crippen LogP contribution is 2.59. The minimum absolute atomic E-state index is 0.0914. The van der Waals surface area contributed by atoms with Crippen LogP contribution in [0.4, 0.5) is 0 Å². The fourth-order valence-corrected chi connectivity index (χ4v) is 16.3. The second-order valence-electron chi connectivity index (χ2n) is 26.8. The molecule has 20 heteroatoms. The number of benzene rings is 4. The van der Waals surface area contributed by atoms with Crippen LogP contribution in [0.15, 0.2) is 24.3 Å². The van der Waals surface area contributed by atoms with E-state index in [1.165, 1.54) is 0 Å². The molecule has 1 aliphatic carbocycles. The molecule has 0 radical (unpaired) electrons. The van der Waals surface area contributed by atoms with Gasteiger partial charge in [0.15, 0.2) is 0 Å². The standard InChI is InChI=1S/C76H108N4O8S8/c1-9-17-25-29-49-53-37-55-50(30-26-18-10-2)57-39-59-52(32-28-20-12-4)60-40-58-51(31-27-19-11-3)56-38-54(49)66-62(42-78(74(91)92)34-22-14-6)68(56)84-47-86-70(58)64(44-80(76(95)96)36-24-16-8)72(60)88-48-87-71(59)63(43-79(75(93)94)35-23-15-7)69(57)85-46-83-67(55)61(65(53)81-45-82-66)41-77(73(89)90)33-21-13-5/h37-40,49-52H,9-36,41-48H2,1-8H3,(H,89,90)(H,91,92)(H,93,94)(H,95,96). The van der Waals surface area contributed by atoms with Gasteiger partial charge in [0.25, 0.3) is 0 Å². The molecule has 9 rings (SSSR count). The zero-order chi connectivity index (χ0) is 68.4. The molecule has 0 fully saturated rings. The molecule has 0 unspecified atom stereocenters. The lowest BCUT2D eigenvalue weighted by Gasteiger charge is -2.39. The minimum Gasteiger partial charge on any atom is -0.457 e. The molecule has 0 N–H and O–H groups in total. The third-order valence-corrected chi connectivity index (χ3v) is 22.3. The molecule has 0 saturated carbocycles. The van der Waals surface area contributed by atoms with Gasteiger partial charge in [-0.25, -0.2) is 0 Å². The summed E-state index contributed by atoms with van der Waals surface area (Å²) in [5.41, 5.74) is 12.4. The maximum Gasteiger partial charge on any atom is 0.230 e. The molecule has 12 nitrogen and oxygen atoms in total. The zero-order valence-corrected chi connectivity index (χ0v) is 65.4. The van der Waals surface area contributed by atoms with Crippen molar-refractivity contribution in [1.29, 1.82) is 0 Å². The molecule has 0 aromatic heterocycles. The van der Waals surface area contributed by atoms with Crippen LogP contribution in [0, 0.1) is 0 Å². The molecule has 0 amide bonds. The fraction of sp³-hybridized carbons (Fsp3) is 0.632. The van der Waals surface area contributed by atoms with Crippen LogP contribution >= 0.6 is 99.4 Å². The van der Waals surface area contributed by atoms with E-state index in [2.05, 4.69) is 99.3 Å². The number of ether oxygens (including phenoxy) is 8. The Morgan fingerprint density at radius 1 is 0.292 bits per heavy atom. The molecule has 0 spiro atoms. The number of thiol groups is 4. The van der Waals surface area contributed by atoms with E-state index in [1.54, 1.807) is 0 Å². The van der Waals surface area contributed by atoms with Gasteiger partial charge in [0.1, 0.15) is 63.3 Å². The van der Waals surface area contributed by atoms with Crippen LogP contribution in [0.3, 0.4) is 0 Å². The van der Waals surface area contributed by atoms with Crippen molar-refractivity contribution in [2.45, 2.75) is 259 Å². The van der Waals surface area contributed by atoms with Crippen molar-refractivity contribution < 1.29 is 37.9 Å². The number of hydrogen-bond donors (Lipinski definition) is 4. The van der Waals surface area contributed by atoms with Crippen molar-refractivity contribution in [2.75, 3.05) is 53.4 Å². The van der Waals surface area contributed by atoms with Gasteiger partial charge in [-0.2, -0.15) is 0 Å². The highest BCUT2D eigenvalue weighted by atomic mass is 32.1. The average Bonchev–Trinajstić information content (AvgIpc) is 0.725. The number of unbranched alkanes of at least 4 members (excludes halogenated alkanes) is 12. The van der Waals surface area contributed by atoms with E-state index in [0.717, 1.165) is 267 Å². The lowest BCUT2D eigenvalue weighted by atomic mass is 9.74. The summed E-state index contributed by atoms with van der Waals surface area (Å²) in [5.74, 6) is 5.05. The van der Waals surface area contributed by atoms with Crippen LogP contribution in [0.5, 0.6) is 46.0 Å². The highest BCUT2D eigenvalue weighted by molar-refractivity contribution is 8.11. The SMILES string of the molecule is CCCCCC1c2cc3c4c(CN(CCCC)C(=S)S)c2OCOc2c1cc1c(c2CN(CCCC)C(=S)S)OCOc2c(cc5c(c2CN(CCCC)C(=S)S)OCOc2c(cc(c(c2CN(CCCC)C(=S)S)OCO4)C3CCCCC)C5CCCCC)C1CCCCC. The summed E-state index contributed by atoms with van der Waals surface area (Å²) in [6.07, 6.45) is 23.1.